The molecule has 0 aliphatic rings. The van der Waals surface area contributed by atoms with E-state index in [9.17, 15) is 0 Å². The van der Waals surface area contributed by atoms with Gasteiger partial charge in [0.1, 0.15) is 0 Å². The summed E-state index contributed by atoms with van der Waals surface area (Å²) in [7, 11) is 0.870. The Labute approximate surface area is 54.0 Å². The van der Waals surface area contributed by atoms with Crippen LogP contribution in [0.2, 0.25) is 0 Å². The zero-order valence-corrected chi connectivity index (χ0v) is 6.14. The van der Waals surface area contributed by atoms with Gasteiger partial charge in [0, 0.05) is 21.1 Å². The van der Waals surface area contributed by atoms with Crippen LogP contribution in [0.4, 0.5) is 0 Å². The summed E-state index contributed by atoms with van der Waals surface area (Å²) in [5, 5.41) is 0. The maximum absolute atomic E-state index is 9.06. The predicted octanol–water partition coefficient (Wildman–Crippen LogP) is 0.752. The molecule has 0 unspecified atom stereocenters. The van der Waals surface area contributed by atoms with Crippen molar-refractivity contribution in [3.8, 4) is 0 Å². The van der Waals surface area contributed by atoms with Crippen molar-refractivity contribution < 1.29 is 25.9 Å². The van der Waals surface area contributed by atoms with E-state index < -0.39 is 0 Å². The Kier molecular flexibility index (Phi) is 16.8. The van der Waals surface area contributed by atoms with Gasteiger partial charge in [-0.2, -0.15) is 0 Å². The number of rotatable bonds is 1. The zero-order chi connectivity index (χ0) is 3.41. The largest absolute Gasteiger partial charge is 0.290 e. The molecule has 34 valence electrons. The van der Waals surface area contributed by atoms with E-state index in [-0.39, 0.29) is 21.1 Å². The first-order valence-electron chi connectivity index (χ1n) is 0.654. The van der Waals surface area contributed by atoms with E-state index in [0.29, 0.717) is 5.62 Å². The Bertz CT molecular complexity index is 23.6. The predicted molar refractivity (Wildman–Crippen MR) is 23.3 cm³/mol. The summed E-state index contributed by atoms with van der Waals surface area (Å²) >= 11 is 3.47. The van der Waals surface area contributed by atoms with Crippen LogP contribution >= 0.6 is 22.5 Å². The Balaban J connectivity index is 0. The van der Waals surface area contributed by atoms with Gasteiger partial charge >= 0.3 is 0 Å². The topological polar surface area (TPSA) is 17.1 Å². The number of hydrogen-bond donors (Lipinski definition) is 1. The molecule has 0 radical (unpaired) electrons. The Morgan fingerprint density at radius 3 is 2.00 bits per heavy atom. The average molecular weight is 289 g/mol. The van der Waals surface area contributed by atoms with Crippen molar-refractivity contribution in [2.45, 2.75) is 0 Å². The van der Waals surface area contributed by atoms with E-state index in [1.807, 2.05) is 0 Å². The van der Waals surface area contributed by atoms with Crippen LogP contribution in [0.15, 0.2) is 0 Å². The molecule has 0 bridgehead atoms. The summed E-state index contributed by atoms with van der Waals surface area (Å²) in [6.07, 6.45) is 0. The fraction of sp³-hybridized carbons (Fsp3) is 0. The van der Waals surface area contributed by atoms with E-state index in [0.717, 1.165) is 10.8 Å². The SMILES string of the molecule is O=CSS.[Pt]. The molecule has 0 saturated carbocycles. The Morgan fingerprint density at radius 1 is 1.80 bits per heavy atom. The minimum absolute atomic E-state index is 0. The second kappa shape index (κ2) is 8.91. The molecule has 0 spiro atoms. The Hall–Kier alpha value is 1.06. The van der Waals surface area contributed by atoms with Gasteiger partial charge in [0.05, 0.1) is 0 Å². The van der Waals surface area contributed by atoms with Gasteiger partial charge in [-0.25, -0.2) is 0 Å². The van der Waals surface area contributed by atoms with Crippen LogP contribution in [0.25, 0.3) is 0 Å². The van der Waals surface area contributed by atoms with Crippen molar-refractivity contribution in [1.82, 2.24) is 0 Å². The van der Waals surface area contributed by atoms with Crippen molar-refractivity contribution in [1.29, 1.82) is 0 Å². The van der Waals surface area contributed by atoms with Crippen LogP contribution in [0.3, 0.4) is 0 Å². The summed E-state index contributed by atoms with van der Waals surface area (Å²) in [5.74, 6) is 0. The molecule has 0 fully saturated rings. The van der Waals surface area contributed by atoms with Gasteiger partial charge in [0.2, 0.25) is 0 Å². The molecule has 0 aromatic carbocycles. The minimum Gasteiger partial charge on any atom is -0.290 e. The summed E-state index contributed by atoms with van der Waals surface area (Å²) in [5.41, 5.74) is 0.656. The molecule has 0 heterocycles. The van der Waals surface area contributed by atoms with Crippen LogP contribution in [-0.2, 0) is 25.9 Å². The average Bonchev–Trinajstić information content (AvgIpc) is 1.37. The van der Waals surface area contributed by atoms with Gasteiger partial charge in [-0.1, -0.05) is 0 Å². The number of hydrogen-bond acceptors (Lipinski definition) is 3. The van der Waals surface area contributed by atoms with Crippen LogP contribution in [-0.4, -0.2) is 5.62 Å². The maximum Gasteiger partial charge on any atom is 0.186 e. The number of thiol groups is 1. The summed E-state index contributed by atoms with van der Waals surface area (Å²) in [6, 6.07) is 0. The fourth-order valence-corrected chi connectivity index (χ4v) is 0. The molecule has 0 aliphatic heterocycles. The van der Waals surface area contributed by atoms with Crippen molar-refractivity contribution in [2.75, 3.05) is 0 Å². The normalized spacial score (nSPS) is 5.00. The molecule has 0 N–H and O–H groups in total. The quantitative estimate of drug-likeness (QED) is 0.436. The molecule has 0 saturated heterocycles. The third kappa shape index (κ3) is 11.2. The standard InChI is InChI=1S/CH2OS2.Pt/c2-1-4-3;/h1,3H;. The molecule has 0 aromatic rings. The van der Waals surface area contributed by atoms with Gasteiger partial charge in [-0.05, 0) is 10.8 Å². The third-order valence-corrected chi connectivity index (χ3v) is 0.387. The monoisotopic (exact) mass is 289 g/mol. The van der Waals surface area contributed by atoms with Crippen molar-refractivity contribution in [3.63, 3.8) is 0 Å². The van der Waals surface area contributed by atoms with E-state index in [1.54, 1.807) is 0 Å². The summed E-state index contributed by atoms with van der Waals surface area (Å²) < 4.78 is 0. The molecule has 1 nitrogen and oxygen atoms in total. The molecule has 0 aliphatic carbocycles. The van der Waals surface area contributed by atoms with Crippen LogP contribution in [0.1, 0.15) is 0 Å². The summed E-state index contributed by atoms with van der Waals surface area (Å²) in [6.45, 7) is 0. The molecule has 5 heavy (non-hydrogen) atoms. The molecule has 0 amide bonds. The van der Waals surface area contributed by atoms with Gasteiger partial charge in [-0.15, -0.1) is 11.7 Å². The van der Waals surface area contributed by atoms with Gasteiger partial charge in [-0.3, -0.25) is 4.79 Å². The molecular formula is CH2OPtS2. The first-order chi connectivity index (χ1) is 1.91. The first-order valence-corrected chi connectivity index (χ1v) is 2.59. The number of carbonyl (C=O) groups excluding carboxylic acids is 1. The van der Waals surface area contributed by atoms with Crippen LogP contribution in [0.5, 0.6) is 0 Å². The second-order valence-electron chi connectivity index (χ2n) is 0.202. The van der Waals surface area contributed by atoms with Gasteiger partial charge in [0.25, 0.3) is 0 Å². The molecule has 0 rings (SSSR count). The zero-order valence-electron chi connectivity index (χ0n) is 2.16. The molecular weight excluding hydrogens is 287 g/mol. The van der Waals surface area contributed by atoms with E-state index in [2.05, 4.69) is 11.7 Å². The third-order valence-electron chi connectivity index (χ3n) is 0.0430. The smallest absolute Gasteiger partial charge is 0.186 e. The van der Waals surface area contributed by atoms with Gasteiger partial charge < -0.3 is 0 Å². The van der Waals surface area contributed by atoms with Crippen molar-refractivity contribution in [2.24, 2.45) is 0 Å². The maximum atomic E-state index is 9.06. The van der Waals surface area contributed by atoms with Crippen LogP contribution in [0, 0.1) is 0 Å². The number of carbonyl (C=O) groups is 1. The van der Waals surface area contributed by atoms with Crippen molar-refractivity contribution in [3.05, 3.63) is 0 Å². The summed E-state index contributed by atoms with van der Waals surface area (Å²) in [4.78, 5) is 9.06. The van der Waals surface area contributed by atoms with Crippen LogP contribution < -0.4 is 0 Å². The minimum atomic E-state index is 0. The molecule has 0 aromatic heterocycles. The second-order valence-corrected chi connectivity index (χ2v) is 1.24. The van der Waals surface area contributed by atoms with E-state index >= 15 is 0 Å². The fourth-order valence-electron chi connectivity index (χ4n) is 0. The van der Waals surface area contributed by atoms with Crippen molar-refractivity contribution >= 4 is 28.1 Å². The van der Waals surface area contributed by atoms with Gasteiger partial charge in [0.15, 0.2) is 5.62 Å². The Morgan fingerprint density at radius 2 is 2.00 bits per heavy atom. The molecule has 4 heteroatoms. The first kappa shape index (κ1) is 9.41. The van der Waals surface area contributed by atoms with E-state index in [1.165, 1.54) is 0 Å². The van der Waals surface area contributed by atoms with E-state index in [4.69, 9.17) is 4.79 Å². The molecule has 0 atom stereocenters.